The summed E-state index contributed by atoms with van der Waals surface area (Å²) in [5.41, 5.74) is 2.16. The third-order valence-electron chi connectivity index (χ3n) is 4.09. The highest BCUT2D eigenvalue weighted by atomic mass is 35.5. The number of rotatable bonds is 6. The zero-order valence-electron chi connectivity index (χ0n) is 14.6. The zero-order chi connectivity index (χ0) is 18.4. The molecule has 0 aliphatic rings. The number of carbonyl (C=O) groups is 2. The van der Waals surface area contributed by atoms with Crippen LogP contribution in [0.2, 0.25) is 5.02 Å². The van der Waals surface area contributed by atoms with Crippen molar-refractivity contribution in [3.8, 4) is 0 Å². The molecule has 2 aromatic carbocycles. The number of hydrogen-bond donors (Lipinski definition) is 1. The molecule has 2 rings (SSSR count). The predicted molar refractivity (Wildman–Crippen MR) is 100 cm³/mol. The van der Waals surface area contributed by atoms with E-state index in [9.17, 15) is 9.59 Å². The number of ether oxygens (including phenoxy) is 1. The van der Waals surface area contributed by atoms with Gasteiger partial charge in [0, 0.05) is 10.7 Å². The molecule has 0 radical (unpaired) electrons. The molecule has 1 amide bonds. The Balaban J connectivity index is 2.03. The molecule has 4 nitrogen and oxygen atoms in total. The van der Waals surface area contributed by atoms with Crippen LogP contribution >= 0.6 is 11.6 Å². The van der Waals surface area contributed by atoms with Crippen LogP contribution in [0.15, 0.2) is 48.5 Å². The second-order valence-electron chi connectivity index (χ2n) is 5.94. The van der Waals surface area contributed by atoms with Crippen molar-refractivity contribution in [3.63, 3.8) is 0 Å². The first-order chi connectivity index (χ1) is 11.9. The van der Waals surface area contributed by atoms with Crippen molar-refractivity contribution in [2.45, 2.75) is 39.2 Å². The first-order valence-electron chi connectivity index (χ1n) is 8.28. The topological polar surface area (TPSA) is 55.4 Å². The van der Waals surface area contributed by atoms with Gasteiger partial charge >= 0.3 is 5.97 Å². The van der Waals surface area contributed by atoms with Crippen LogP contribution < -0.4 is 5.32 Å². The lowest BCUT2D eigenvalue weighted by atomic mass is 9.97. The Morgan fingerprint density at radius 2 is 1.72 bits per heavy atom. The summed E-state index contributed by atoms with van der Waals surface area (Å²) in [7, 11) is 0. The number of hydrogen-bond acceptors (Lipinski definition) is 3. The minimum absolute atomic E-state index is 0.323. The molecule has 0 saturated heterocycles. The van der Waals surface area contributed by atoms with Crippen LogP contribution in [0.25, 0.3) is 0 Å². The summed E-state index contributed by atoms with van der Waals surface area (Å²) in [5, 5.41) is 3.39. The summed E-state index contributed by atoms with van der Waals surface area (Å²) >= 11 is 5.80. The van der Waals surface area contributed by atoms with Gasteiger partial charge in [0.1, 0.15) is 0 Å². The maximum atomic E-state index is 12.4. The van der Waals surface area contributed by atoms with Gasteiger partial charge in [0.2, 0.25) is 0 Å². The molecule has 25 heavy (non-hydrogen) atoms. The van der Waals surface area contributed by atoms with Crippen LogP contribution in [0.3, 0.4) is 0 Å². The fourth-order valence-corrected chi connectivity index (χ4v) is 2.49. The van der Waals surface area contributed by atoms with E-state index in [1.165, 1.54) is 0 Å². The fraction of sp³-hybridized carbons (Fsp3) is 0.300. The maximum Gasteiger partial charge on any atom is 0.338 e. The normalized spacial score (nSPS) is 13.0. The molecule has 0 heterocycles. The number of anilines is 1. The molecule has 0 bridgehead atoms. The molecular formula is C20H22ClNO3. The van der Waals surface area contributed by atoms with Gasteiger partial charge < -0.3 is 10.1 Å². The molecule has 1 N–H and O–H groups in total. The highest BCUT2D eigenvalue weighted by molar-refractivity contribution is 6.30. The van der Waals surface area contributed by atoms with Gasteiger partial charge in [-0.1, -0.05) is 43.6 Å². The summed E-state index contributed by atoms with van der Waals surface area (Å²) in [6.07, 6.45) is 0.0572. The van der Waals surface area contributed by atoms with Gasteiger partial charge in [0.15, 0.2) is 6.10 Å². The lowest BCUT2D eigenvalue weighted by Crippen LogP contribution is -2.30. The second kappa shape index (κ2) is 8.67. The Kier molecular flexibility index (Phi) is 6.59. The third-order valence-corrected chi connectivity index (χ3v) is 4.35. The summed E-state index contributed by atoms with van der Waals surface area (Å²) in [6.45, 7) is 5.75. The van der Waals surface area contributed by atoms with Crippen molar-refractivity contribution >= 4 is 29.2 Å². The molecule has 0 aromatic heterocycles. The summed E-state index contributed by atoms with van der Waals surface area (Å²) in [5.74, 6) is -0.601. The molecule has 0 unspecified atom stereocenters. The fourth-order valence-electron chi connectivity index (χ4n) is 2.36. The van der Waals surface area contributed by atoms with Gasteiger partial charge in [-0.15, -0.1) is 0 Å². The number of benzene rings is 2. The quantitative estimate of drug-likeness (QED) is 0.735. The molecule has 2 aromatic rings. The van der Waals surface area contributed by atoms with Crippen LogP contribution in [0.5, 0.6) is 0 Å². The van der Waals surface area contributed by atoms with E-state index in [4.69, 9.17) is 16.3 Å². The van der Waals surface area contributed by atoms with Crippen molar-refractivity contribution in [2.75, 3.05) is 5.32 Å². The average molecular weight is 360 g/mol. The van der Waals surface area contributed by atoms with Crippen molar-refractivity contribution in [1.29, 1.82) is 0 Å². The van der Waals surface area contributed by atoms with E-state index < -0.39 is 12.1 Å². The largest absolute Gasteiger partial charge is 0.449 e. The Bertz CT molecular complexity index is 743. The van der Waals surface area contributed by atoms with Crippen molar-refractivity contribution in [1.82, 2.24) is 0 Å². The molecule has 0 fully saturated rings. The van der Waals surface area contributed by atoms with Gasteiger partial charge in [0.05, 0.1) is 5.56 Å². The SMILES string of the molecule is CC[C@@H](C)c1ccccc1NC(=O)[C@H](C)OC(=O)c1ccc(Cl)cc1. The summed E-state index contributed by atoms with van der Waals surface area (Å²) in [6, 6.07) is 14.0. The average Bonchev–Trinajstić information content (AvgIpc) is 2.61. The van der Waals surface area contributed by atoms with Crippen LogP contribution in [0.4, 0.5) is 5.69 Å². The van der Waals surface area contributed by atoms with E-state index in [0.717, 1.165) is 17.7 Å². The number of nitrogens with one attached hydrogen (secondary N) is 1. The lowest BCUT2D eigenvalue weighted by Gasteiger charge is -2.18. The molecule has 0 spiro atoms. The number of carbonyl (C=O) groups excluding carboxylic acids is 2. The minimum atomic E-state index is -0.909. The first kappa shape index (κ1) is 19.0. The third kappa shape index (κ3) is 5.07. The maximum absolute atomic E-state index is 12.4. The number of halogens is 1. The van der Waals surface area contributed by atoms with Crippen LogP contribution in [-0.4, -0.2) is 18.0 Å². The van der Waals surface area contributed by atoms with Gasteiger partial charge in [-0.05, 0) is 55.2 Å². The second-order valence-corrected chi connectivity index (χ2v) is 6.38. The zero-order valence-corrected chi connectivity index (χ0v) is 15.3. The van der Waals surface area contributed by atoms with E-state index in [0.29, 0.717) is 16.5 Å². The van der Waals surface area contributed by atoms with Crippen LogP contribution in [0.1, 0.15) is 49.0 Å². The summed E-state index contributed by atoms with van der Waals surface area (Å²) in [4.78, 5) is 24.5. The minimum Gasteiger partial charge on any atom is -0.449 e. The summed E-state index contributed by atoms with van der Waals surface area (Å²) < 4.78 is 5.24. The number of para-hydroxylation sites is 1. The lowest BCUT2D eigenvalue weighted by molar-refractivity contribution is -0.123. The highest BCUT2D eigenvalue weighted by Gasteiger charge is 2.20. The van der Waals surface area contributed by atoms with Crippen molar-refractivity contribution < 1.29 is 14.3 Å². The Morgan fingerprint density at radius 1 is 1.08 bits per heavy atom. The predicted octanol–water partition coefficient (Wildman–Crippen LogP) is 5.04. The van der Waals surface area contributed by atoms with Crippen LogP contribution in [0, 0.1) is 0 Å². The Labute approximate surface area is 153 Å². The Morgan fingerprint density at radius 3 is 2.36 bits per heavy atom. The van der Waals surface area contributed by atoms with E-state index in [-0.39, 0.29) is 5.91 Å². The van der Waals surface area contributed by atoms with Crippen molar-refractivity contribution in [3.05, 3.63) is 64.7 Å². The molecule has 2 atom stereocenters. The van der Waals surface area contributed by atoms with Crippen LogP contribution in [-0.2, 0) is 9.53 Å². The smallest absolute Gasteiger partial charge is 0.338 e. The molecular weight excluding hydrogens is 338 g/mol. The molecule has 0 aliphatic carbocycles. The van der Waals surface area contributed by atoms with E-state index in [2.05, 4.69) is 19.2 Å². The van der Waals surface area contributed by atoms with Gasteiger partial charge in [0.25, 0.3) is 5.91 Å². The van der Waals surface area contributed by atoms with Crippen molar-refractivity contribution in [2.24, 2.45) is 0 Å². The van der Waals surface area contributed by atoms with E-state index in [1.807, 2.05) is 24.3 Å². The van der Waals surface area contributed by atoms with E-state index in [1.54, 1.807) is 31.2 Å². The molecule has 132 valence electrons. The molecule has 0 saturated carbocycles. The standard InChI is InChI=1S/C20H22ClNO3/c1-4-13(2)17-7-5-6-8-18(17)22-19(23)14(3)25-20(24)15-9-11-16(21)12-10-15/h5-14H,4H2,1-3H3,(H,22,23)/t13-,14+/m1/s1. The Hall–Kier alpha value is -2.33. The monoisotopic (exact) mass is 359 g/mol. The highest BCUT2D eigenvalue weighted by Crippen LogP contribution is 2.26. The van der Waals surface area contributed by atoms with Gasteiger partial charge in [-0.2, -0.15) is 0 Å². The molecule has 5 heteroatoms. The number of amides is 1. The first-order valence-corrected chi connectivity index (χ1v) is 8.66. The van der Waals surface area contributed by atoms with E-state index >= 15 is 0 Å². The molecule has 0 aliphatic heterocycles. The van der Waals surface area contributed by atoms with Gasteiger partial charge in [-0.25, -0.2) is 4.79 Å². The number of esters is 1. The van der Waals surface area contributed by atoms with Gasteiger partial charge in [-0.3, -0.25) is 4.79 Å².